The molecular formula is C19H13Cl2N5O5. The zero-order valence-electron chi connectivity index (χ0n) is 15.6. The van der Waals surface area contributed by atoms with Crippen molar-refractivity contribution >= 4 is 46.6 Å². The van der Waals surface area contributed by atoms with Crippen molar-refractivity contribution in [2.24, 2.45) is 5.10 Å². The van der Waals surface area contributed by atoms with Crippen LogP contribution in [-0.4, -0.2) is 21.0 Å². The molecular weight excluding hydrogens is 449 g/mol. The maximum Gasteiger partial charge on any atom is 0.287 e. The number of hydrogen-bond donors (Lipinski definition) is 1. The number of aromatic nitrogens is 1. The zero-order chi connectivity index (χ0) is 22.4. The summed E-state index contributed by atoms with van der Waals surface area (Å²) >= 11 is 12.5. The summed E-state index contributed by atoms with van der Waals surface area (Å²) in [5.41, 5.74) is 3.62. The number of benzene rings is 2. The molecule has 0 unspecified atom stereocenters. The maximum atomic E-state index is 10.9. The SMILES string of the molecule is O=[N+]([O-])c1ccc(N/N=C/c2cc(Cl)c(OCc3cccc([N+](=O)[O-])c3)c(Cl)c2)nc1. The van der Waals surface area contributed by atoms with Crippen molar-refractivity contribution in [2.45, 2.75) is 6.61 Å². The van der Waals surface area contributed by atoms with Crippen LogP contribution >= 0.6 is 23.2 Å². The second-order valence-corrected chi connectivity index (χ2v) is 6.87. The first-order chi connectivity index (χ1) is 14.8. The molecule has 0 aliphatic heterocycles. The first kappa shape index (κ1) is 21.9. The Kier molecular flexibility index (Phi) is 6.96. The Balaban J connectivity index is 1.65. The lowest BCUT2D eigenvalue weighted by Gasteiger charge is -2.11. The molecule has 0 aliphatic rings. The molecule has 10 nitrogen and oxygen atoms in total. The van der Waals surface area contributed by atoms with Crippen molar-refractivity contribution in [3.8, 4) is 5.75 Å². The fourth-order valence-corrected chi connectivity index (χ4v) is 3.05. The lowest BCUT2D eigenvalue weighted by molar-refractivity contribution is -0.385. The van der Waals surface area contributed by atoms with E-state index in [0.717, 1.165) is 6.20 Å². The van der Waals surface area contributed by atoms with E-state index in [1.165, 1.54) is 30.5 Å². The lowest BCUT2D eigenvalue weighted by Crippen LogP contribution is -1.99. The first-order valence-electron chi connectivity index (χ1n) is 8.58. The van der Waals surface area contributed by atoms with Crippen molar-refractivity contribution in [2.75, 3.05) is 5.43 Å². The highest BCUT2D eigenvalue weighted by atomic mass is 35.5. The molecule has 0 amide bonds. The second kappa shape index (κ2) is 9.83. The number of nitro benzene ring substituents is 1. The molecule has 1 heterocycles. The minimum atomic E-state index is -0.549. The average molecular weight is 462 g/mol. The monoisotopic (exact) mass is 461 g/mol. The van der Waals surface area contributed by atoms with Crippen molar-refractivity contribution in [1.29, 1.82) is 0 Å². The van der Waals surface area contributed by atoms with Crippen LogP contribution in [0.4, 0.5) is 17.2 Å². The van der Waals surface area contributed by atoms with E-state index in [1.807, 2.05) is 0 Å². The van der Waals surface area contributed by atoms with E-state index in [1.54, 1.807) is 24.3 Å². The Labute approximate surface area is 185 Å². The van der Waals surface area contributed by atoms with Crippen molar-refractivity contribution < 1.29 is 14.6 Å². The van der Waals surface area contributed by atoms with Gasteiger partial charge in [-0.1, -0.05) is 35.3 Å². The number of non-ortho nitro benzene ring substituents is 1. The number of nitrogens with zero attached hydrogens (tertiary/aromatic N) is 4. The van der Waals surface area contributed by atoms with E-state index in [2.05, 4.69) is 15.5 Å². The van der Waals surface area contributed by atoms with Crippen LogP contribution in [0.2, 0.25) is 10.0 Å². The molecule has 31 heavy (non-hydrogen) atoms. The van der Waals surface area contributed by atoms with Crippen molar-refractivity contribution in [1.82, 2.24) is 4.98 Å². The number of nitrogens with one attached hydrogen (secondary N) is 1. The highest BCUT2D eigenvalue weighted by Crippen LogP contribution is 2.34. The maximum absolute atomic E-state index is 10.9. The van der Waals surface area contributed by atoms with Crippen LogP contribution in [0, 0.1) is 20.2 Å². The molecule has 0 atom stereocenters. The van der Waals surface area contributed by atoms with Crippen LogP contribution in [0.5, 0.6) is 5.75 Å². The van der Waals surface area contributed by atoms with Gasteiger partial charge in [-0.3, -0.25) is 25.7 Å². The van der Waals surface area contributed by atoms with Gasteiger partial charge in [-0.05, 0) is 29.3 Å². The topological polar surface area (TPSA) is 133 Å². The van der Waals surface area contributed by atoms with Crippen molar-refractivity contribution in [3.63, 3.8) is 0 Å². The van der Waals surface area contributed by atoms with Gasteiger partial charge >= 0.3 is 0 Å². The summed E-state index contributed by atoms with van der Waals surface area (Å²) in [6, 6.07) is 11.9. The molecule has 2 aromatic carbocycles. The molecule has 158 valence electrons. The molecule has 1 N–H and O–H groups in total. The third kappa shape index (κ3) is 5.87. The predicted octanol–water partition coefficient (Wildman–Crippen LogP) is 5.23. The number of ether oxygens (including phenoxy) is 1. The molecule has 0 fully saturated rings. The van der Waals surface area contributed by atoms with Gasteiger partial charge in [0.15, 0.2) is 5.75 Å². The second-order valence-electron chi connectivity index (χ2n) is 6.06. The van der Waals surface area contributed by atoms with E-state index in [4.69, 9.17) is 27.9 Å². The third-order valence-electron chi connectivity index (χ3n) is 3.88. The van der Waals surface area contributed by atoms with Gasteiger partial charge in [0.05, 0.1) is 26.1 Å². The lowest BCUT2D eigenvalue weighted by atomic mass is 10.2. The number of halogens is 2. The summed E-state index contributed by atoms with van der Waals surface area (Å²) < 4.78 is 5.64. The summed E-state index contributed by atoms with van der Waals surface area (Å²) in [7, 11) is 0. The number of pyridine rings is 1. The van der Waals surface area contributed by atoms with Gasteiger partial charge in [-0.25, -0.2) is 4.98 Å². The van der Waals surface area contributed by atoms with Crippen LogP contribution in [-0.2, 0) is 6.61 Å². The highest BCUT2D eigenvalue weighted by molar-refractivity contribution is 6.37. The average Bonchev–Trinajstić information content (AvgIpc) is 2.73. The molecule has 3 rings (SSSR count). The molecule has 1 aromatic heterocycles. The van der Waals surface area contributed by atoms with Gasteiger partial charge in [0.2, 0.25) is 0 Å². The Morgan fingerprint density at radius 2 is 1.74 bits per heavy atom. The largest absolute Gasteiger partial charge is 0.486 e. The van der Waals surface area contributed by atoms with Crippen LogP contribution in [0.1, 0.15) is 11.1 Å². The van der Waals surface area contributed by atoms with Crippen LogP contribution in [0.25, 0.3) is 0 Å². The fraction of sp³-hybridized carbons (Fsp3) is 0.0526. The Morgan fingerprint density at radius 3 is 2.35 bits per heavy atom. The standard InChI is InChI=1S/C19H13Cl2N5O5/c20-16-7-13(9-23-24-18-5-4-15(10-22-18)26(29)30)8-17(21)19(16)31-11-12-2-1-3-14(6-12)25(27)28/h1-10H,11H2,(H,22,24)/b23-9+. The quantitative estimate of drug-likeness (QED) is 0.275. The van der Waals surface area contributed by atoms with Crippen LogP contribution in [0.15, 0.2) is 59.8 Å². The van der Waals surface area contributed by atoms with E-state index >= 15 is 0 Å². The number of rotatable bonds is 8. The van der Waals surface area contributed by atoms with E-state index in [9.17, 15) is 20.2 Å². The molecule has 3 aromatic rings. The van der Waals surface area contributed by atoms with Gasteiger partial charge in [-0.15, -0.1) is 0 Å². The summed E-state index contributed by atoms with van der Waals surface area (Å²) in [5.74, 6) is 0.549. The van der Waals surface area contributed by atoms with E-state index < -0.39 is 9.85 Å². The normalized spacial score (nSPS) is 10.8. The number of hydrogen-bond acceptors (Lipinski definition) is 8. The Morgan fingerprint density at radius 1 is 1.03 bits per heavy atom. The first-order valence-corrected chi connectivity index (χ1v) is 9.34. The fourth-order valence-electron chi connectivity index (χ4n) is 2.44. The molecule has 0 spiro atoms. The highest BCUT2D eigenvalue weighted by Gasteiger charge is 2.11. The Bertz CT molecular complexity index is 1130. The minimum Gasteiger partial charge on any atom is -0.486 e. The molecule has 0 saturated carbocycles. The minimum absolute atomic E-state index is 0.0418. The van der Waals surface area contributed by atoms with Crippen LogP contribution in [0.3, 0.4) is 0 Å². The van der Waals surface area contributed by atoms with E-state index in [-0.39, 0.29) is 33.8 Å². The summed E-state index contributed by atoms with van der Waals surface area (Å²) in [6.07, 6.45) is 2.55. The Hall–Kier alpha value is -3.76. The molecule has 0 aliphatic carbocycles. The molecule has 0 bridgehead atoms. The number of hydrazone groups is 1. The zero-order valence-corrected chi connectivity index (χ0v) is 17.1. The van der Waals surface area contributed by atoms with E-state index in [0.29, 0.717) is 16.9 Å². The molecule has 0 saturated heterocycles. The van der Waals surface area contributed by atoms with Crippen molar-refractivity contribution in [3.05, 3.63) is 96.1 Å². The van der Waals surface area contributed by atoms with Gasteiger partial charge in [0, 0.05) is 18.2 Å². The smallest absolute Gasteiger partial charge is 0.287 e. The number of nitro groups is 2. The predicted molar refractivity (Wildman–Crippen MR) is 116 cm³/mol. The molecule has 12 heteroatoms. The summed E-state index contributed by atoms with van der Waals surface area (Å²) in [4.78, 5) is 24.3. The van der Waals surface area contributed by atoms with Gasteiger partial charge in [-0.2, -0.15) is 5.10 Å². The third-order valence-corrected chi connectivity index (χ3v) is 4.44. The van der Waals surface area contributed by atoms with Gasteiger partial charge in [0.1, 0.15) is 18.6 Å². The number of anilines is 1. The summed E-state index contributed by atoms with van der Waals surface area (Å²) in [6.45, 7) is 0.0436. The summed E-state index contributed by atoms with van der Waals surface area (Å²) in [5, 5.41) is 25.9. The van der Waals surface area contributed by atoms with Gasteiger partial charge in [0.25, 0.3) is 11.4 Å². The van der Waals surface area contributed by atoms with Gasteiger partial charge < -0.3 is 4.74 Å². The van der Waals surface area contributed by atoms with Crippen LogP contribution < -0.4 is 10.2 Å². The molecule has 0 radical (unpaired) electrons.